The molecule has 2 aliphatic carbocycles. The zero-order valence-corrected chi connectivity index (χ0v) is 19.6. The second-order valence-corrected chi connectivity index (χ2v) is 10.3. The van der Waals surface area contributed by atoms with Gasteiger partial charge in [0, 0.05) is 37.8 Å². The first kappa shape index (κ1) is 23.3. The van der Waals surface area contributed by atoms with E-state index in [9.17, 15) is 14.9 Å². The summed E-state index contributed by atoms with van der Waals surface area (Å²) < 4.78 is 37.5. The van der Waals surface area contributed by atoms with Gasteiger partial charge in [0.15, 0.2) is 30.1 Å². The molecule has 0 bridgehead atoms. The molecule has 0 N–H and O–H groups in total. The number of hydrogen-bond donors (Lipinski definition) is 0. The smallest absolute Gasteiger partial charge is 0.338 e. The van der Waals surface area contributed by atoms with Gasteiger partial charge in [0.25, 0.3) is 5.69 Å². The van der Waals surface area contributed by atoms with E-state index in [1.807, 2.05) is 0 Å². The Hall–Kier alpha value is -2.11. The van der Waals surface area contributed by atoms with Crippen molar-refractivity contribution in [1.82, 2.24) is 0 Å². The molecule has 1 aromatic rings. The number of ether oxygens (including phenoxy) is 6. The van der Waals surface area contributed by atoms with Gasteiger partial charge in [-0.05, 0) is 37.8 Å². The highest BCUT2D eigenvalue weighted by atomic mass is 16.9. The minimum absolute atomic E-state index is 0.0928. The topological polar surface area (TPSA) is 116 Å². The SMILES string of the molecule is O=C(O[C@H]1[C@H]([C@@H]2COC3(CCCCC3)O2)O[C@H]2OC3(CCCCC3)O[C@@H]21)c1ccc([N+](=O)[O-])cc1. The fourth-order valence-electron chi connectivity index (χ4n) is 6.12. The largest absolute Gasteiger partial charge is 0.453 e. The van der Waals surface area contributed by atoms with E-state index in [0.29, 0.717) is 6.61 Å². The molecule has 3 aliphatic heterocycles. The van der Waals surface area contributed by atoms with Crippen molar-refractivity contribution in [1.29, 1.82) is 0 Å². The molecule has 35 heavy (non-hydrogen) atoms. The average Bonchev–Trinajstić information content (AvgIpc) is 3.52. The van der Waals surface area contributed by atoms with E-state index >= 15 is 0 Å². The Kier molecular flexibility index (Phi) is 6.04. The molecule has 3 saturated heterocycles. The third-order valence-electron chi connectivity index (χ3n) is 7.92. The molecule has 6 rings (SSSR count). The minimum atomic E-state index is -0.753. The zero-order valence-electron chi connectivity index (χ0n) is 19.6. The summed E-state index contributed by atoms with van der Waals surface area (Å²) in [6.07, 6.45) is 6.68. The third kappa shape index (κ3) is 4.35. The average molecular weight is 490 g/mol. The van der Waals surface area contributed by atoms with Gasteiger partial charge in [0.05, 0.1) is 17.1 Å². The molecule has 0 aromatic heterocycles. The fourth-order valence-corrected chi connectivity index (χ4v) is 6.12. The van der Waals surface area contributed by atoms with Gasteiger partial charge < -0.3 is 28.4 Å². The summed E-state index contributed by atoms with van der Waals surface area (Å²) in [5, 5.41) is 11.0. The van der Waals surface area contributed by atoms with Crippen molar-refractivity contribution in [2.24, 2.45) is 0 Å². The van der Waals surface area contributed by atoms with E-state index in [1.54, 1.807) is 0 Å². The number of esters is 1. The van der Waals surface area contributed by atoms with Crippen molar-refractivity contribution in [3.8, 4) is 0 Å². The van der Waals surface area contributed by atoms with Crippen LogP contribution in [-0.2, 0) is 28.4 Å². The predicted octanol–water partition coefficient (Wildman–Crippen LogP) is 4.00. The summed E-state index contributed by atoms with van der Waals surface area (Å²) in [6.45, 7) is 0.348. The number of carbonyl (C=O) groups excluding carboxylic acids is 1. The molecule has 1 aromatic carbocycles. The summed E-state index contributed by atoms with van der Waals surface area (Å²) in [5.74, 6) is -1.89. The Morgan fingerprint density at radius 2 is 1.54 bits per heavy atom. The van der Waals surface area contributed by atoms with Crippen molar-refractivity contribution in [2.45, 2.75) is 106 Å². The second-order valence-electron chi connectivity index (χ2n) is 10.3. The quantitative estimate of drug-likeness (QED) is 0.351. The number of benzene rings is 1. The van der Waals surface area contributed by atoms with Crippen molar-refractivity contribution in [3.05, 3.63) is 39.9 Å². The van der Waals surface area contributed by atoms with Crippen molar-refractivity contribution in [2.75, 3.05) is 6.61 Å². The van der Waals surface area contributed by atoms with Gasteiger partial charge >= 0.3 is 5.97 Å². The highest BCUT2D eigenvalue weighted by molar-refractivity contribution is 5.89. The van der Waals surface area contributed by atoms with E-state index in [0.717, 1.165) is 57.8 Å². The first-order valence-corrected chi connectivity index (χ1v) is 12.7. The monoisotopic (exact) mass is 489 g/mol. The zero-order chi connectivity index (χ0) is 24.0. The van der Waals surface area contributed by atoms with E-state index in [1.165, 1.54) is 30.7 Å². The predicted molar refractivity (Wildman–Crippen MR) is 119 cm³/mol. The van der Waals surface area contributed by atoms with Crippen LogP contribution in [0.3, 0.4) is 0 Å². The minimum Gasteiger partial charge on any atom is -0.453 e. The summed E-state index contributed by atoms with van der Waals surface area (Å²) >= 11 is 0. The maximum absolute atomic E-state index is 13.1. The Balaban J connectivity index is 1.22. The number of non-ortho nitro benzene ring substituents is 1. The molecular formula is C25H31NO9. The van der Waals surface area contributed by atoms with Crippen LogP contribution in [0, 0.1) is 10.1 Å². The maximum Gasteiger partial charge on any atom is 0.338 e. The van der Waals surface area contributed by atoms with Crippen LogP contribution in [0.15, 0.2) is 24.3 Å². The van der Waals surface area contributed by atoms with Crippen LogP contribution in [0.5, 0.6) is 0 Å². The number of rotatable bonds is 4. The third-order valence-corrected chi connectivity index (χ3v) is 7.92. The van der Waals surface area contributed by atoms with Crippen molar-refractivity contribution < 1.29 is 38.1 Å². The first-order chi connectivity index (χ1) is 17.0. The molecule has 2 saturated carbocycles. The lowest BCUT2D eigenvalue weighted by Gasteiger charge is -2.35. The maximum atomic E-state index is 13.1. The Morgan fingerprint density at radius 3 is 2.20 bits per heavy atom. The van der Waals surface area contributed by atoms with Gasteiger partial charge in [-0.15, -0.1) is 0 Å². The summed E-state index contributed by atoms with van der Waals surface area (Å²) in [7, 11) is 0. The number of nitro groups is 1. The Labute approximate surface area is 203 Å². The first-order valence-electron chi connectivity index (χ1n) is 12.7. The Morgan fingerprint density at radius 1 is 0.886 bits per heavy atom. The number of fused-ring (bicyclic) bond motifs is 1. The van der Waals surface area contributed by atoms with Gasteiger partial charge in [-0.3, -0.25) is 10.1 Å². The number of carbonyl (C=O) groups is 1. The Bertz CT molecular complexity index is 954. The number of nitro benzene ring substituents is 1. The highest BCUT2D eigenvalue weighted by Crippen LogP contribution is 2.48. The fraction of sp³-hybridized carbons (Fsp3) is 0.720. The van der Waals surface area contributed by atoms with Crippen LogP contribution >= 0.6 is 0 Å². The molecule has 5 aliphatic rings. The molecule has 0 radical (unpaired) electrons. The molecule has 5 fully saturated rings. The molecule has 0 amide bonds. The van der Waals surface area contributed by atoms with Crippen LogP contribution in [0.1, 0.15) is 74.6 Å². The van der Waals surface area contributed by atoms with Crippen LogP contribution in [0.4, 0.5) is 5.69 Å². The van der Waals surface area contributed by atoms with Crippen LogP contribution in [0.2, 0.25) is 0 Å². The van der Waals surface area contributed by atoms with Crippen LogP contribution in [0.25, 0.3) is 0 Å². The van der Waals surface area contributed by atoms with Crippen molar-refractivity contribution in [3.63, 3.8) is 0 Å². The highest BCUT2D eigenvalue weighted by Gasteiger charge is 2.62. The molecule has 0 unspecified atom stereocenters. The number of nitrogens with zero attached hydrogens (tertiary/aromatic N) is 1. The summed E-state index contributed by atoms with van der Waals surface area (Å²) in [6, 6.07) is 5.36. The molecule has 190 valence electrons. The van der Waals surface area contributed by atoms with Crippen LogP contribution in [-0.4, -0.2) is 59.8 Å². The van der Waals surface area contributed by atoms with E-state index in [2.05, 4.69) is 0 Å². The molecule has 10 heteroatoms. The van der Waals surface area contributed by atoms with Crippen LogP contribution < -0.4 is 0 Å². The second kappa shape index (κ2) is 9.08. The normalized spacial score (nSPS) is 35.3. The number of hydrogen-bond acceptors (Lipinski definition) is 9. The lowest BCUT2D eigenvalue weighted by atomic mass is 9.94. The lowest BCUT2D eigenvalue weighted by molar-refractivity contribution is -0.384. The summed E-state index contributed by atoms with van der Waals surface area (Å²) in [4.78, 5) is 23.5. The lowest BCUT2D eigenvalue weighted by Crippen LogP contribution is -2.46. The van der Waals surface area contributed by atoms with Gasteiger partial charge in [-0.1, -0.05) is 12.8 Å². The molecule has 2 spiro atoms. The molecule has 10 nitrogen and oxygen atoms in total. The van der Waals surface area contributed by atoms with Gasteiger partial charge in [-0.2, -0.15) is 0 Å². The van der Waals surface area contributed by atoms with Crippen molar-refractivity contribution >= 4 is 11.7 Å². The summed E-state index contributed by atoms with van der Waals surface area (Å²) in [5.41, 5.74) is 0.126. The van der Waals surface area contributed by atoms with Gasteiger partial charge in [0.1, 0.15) is 12.2 Å². The standard InChI is InChI=1S/C25H31NO9/c27-22(16-7-9-17(10-8-16)26(28)29)31-20-19(18-15-30-24(33-18)11-3-1-4-12-24)32-23-21(20)34-25(35-23)13-5-2-6-14-25/h7-10,18-21,23H,1-6,11-15H2/t18-,19-,20-,21+,23-/m0/s1. The molecule has 5 atom stereocenters. The molecule has 3 heterocycles. The van der Waals surface area contributed by atoms with Gasteiger partial charge in [0.2, 0.25) is 0 Å². The van der Waals surface area contributed by atoms with E-state index < -0.39 is 53.2 Å². The molecular weight excluding hydrogens is 458 g/mol. The van der Waals surface area contributed by atoms with Gasteiger partial charge in [-0.25, -0.2) is 4.79 Å². The van der Waals surface area contributed by atoms with E-state index in [4.69, 9.17) is 28.4 Å². The van der Waals surface area contributed by atoms with E-state index in [-0.39, 0.29) is 11.3 Å².